The Morgan fingerprint density at radius 2 is 2.12 bits per heavy atom. The number of aliphatic carboxylic acids is 1. The molecule has 1 heterocycles. The molecule has 140 valence electrons. The van der Waals surface area contributed by atoms with Crippen molar-refractivity contribution in [2.75, 3.05) is 26.7 Å². The first-order chi connectivity index (χ1) is 11.7. The number of likely N-dealkylation sites (N-methyl/N-ethyl adjacent to an activating group) is 1. The highest BCUT2D eigenvalue weighted by Gasteiger charge is 2.31. The summed E-state index contributed by atoms with van der Waals surface area (Å²) in [6.07, 6.45) is -2.02. The fraction of sp³-hybridized carbons (Fsp3) is 0.588. The van der Waals surface area contributed by atoms with E-state index in [4.69, 9.17) is 5.11 Å². The van der Waals surface area contributed by atoms with Crippen LogP contribution in [0.1, 0.15) is 24.8 Å². The monoisotopic (exact) mass is 360 g/mol. The van der Waals surface area contributed by atoms with Gasteiger partial charge >= 0.3 is 12.3 Å². The minimum absolute atomic E-state index is 0.0154. The third-order valence-corrected chi connectivity index (χ3v) is 4.34. The van der Waals surface area contributed by atoms with Crippen LogP contribution in [0, 0.1) is 0 Å². The molecule has 1 aromatic rings. The van der Waals surface area contributed by atoms with E-state index in [1.54, 1.807) is 12.1 Å². The van der Waals surface area contributed by atoms with Gasteiger partial charge in [-0.25, -0.2) is 0 Å². The molecule has 1 N–H and O–H groups in total. The molecule has 1 unspecified atom stereocenters. The first kappa shape index (κ1) is 19.5. The molecule has 0 aliphatic carbocycles. The van der Waals surface area contributed by atoms with Crippen LogP contribution in [-0.2, 0) is 11.3 Å². The van der Waals surface area contributed by atoms with Crippen LogP contribution in [0.3, 0.4) is 0 Å². The Morgan fingerprint density at radius 3 is 2.80 bits per heavy atom. The second-order valence-electron chi connectivity index (χ2n) is 6.36. The predicted octanol–water partition coefficient (Wildman–Crippen LogP) is 2.96. The number of benzene rings is 1. The molecule has 5 nitrogen and oxygen atoms in total. The summed E-state index contributed by atoms with van der Waals surface area (Å²) < 4.78 is 40.9. The van der Waals surface area contributed by atoms with Gasteiger partial charge in [0.25, 0.3) is 0 Å². The van der Waals surface area contributed by atoms with Gasteiger partial charge in [0.1, 0.15) is 5.75 Å². The number of carboxylic acids is 1. The summed E-state index contributed by atoms with van der Waals surface area (Å²) in [5, 5.41) is 8.89. The molecule has 1 aliphatic heterocycles. The smallest absolute Gasteiger partial charge is 0.480 e. The first-order valence-corrected chi connectivity index (χ1v) is 8.22. The predicted molar refractivity (Wildman–Crippen MR) is 86.3 cm³/mol. The molecule has 0 radical (unpaired) electrons. The third-order valence-electron chi connectivity index (χ3n) is 4.34. The van der Waals surface area contributed by atoms with Gasteiger partial charge in [-0.2, -0.15) is 0 Å². The maximum atomic E-state index is 12.3. The molecule has 1 aromatic carbocycles. The van der Waals surface area contributed by atoms with Crippen LogP contribution >= 0.6 is 0 Å². The highest BCUT2D eigenvalue weighted by molar-refractivity contribution is 5.69. The summed E-state index contributed by atoms with van der Waals surface area (Å²) >= 11 is 0. The Balaban J connectivity index is 1.91. The van der Waals surface area contributed by atoms with Crippen molar-refractivity contribution in [3.05, 3.63) is 29.8 Å². The summed E-state index contributed by atoms with van der Waals surface area (Å²) in [7, 11) is 1.81. The van der Waals surface area contributed by atoms with Crippen molar-refractivity contribution >= 4 is 5.97 Å². The van der Waals surface area contributed by atoms with Crippen LogP contribution in [-0.4, -0.2) is 60.0 Å². The number of halogens is 3. The van der Waals surface area contributed by atoms with E-state index in [2.05, 4.69) is 9.64 Å². The van der Waals surface area contributed by atoms with Crippen molar-refractivity contribution in [2.45, 2.75) is 38.2 Å². The van der Waals surface area contributed by atoms with Gasteiger partial charge in [0.05, 0.1) is 6.54 Å². The maximum Gasteiger partial charge on any atom is 0.573 e. The molecule has 8 heteroatoms. The van der Waals surface area contributed by atoms with Crippen molar-refractivity contribution in [2.24, 2.45) is 0 Å². The number of hydrogen-bond acceptors (Lipinski definition) is 4. The number of carboxylic acid groups (broad SMARTS) is 1. The van der Waals surface area contributed by atoms with Crippen LogP contribution in [0.4, 0.5) is 13.2 Å². The van der Waals surface area contributed by atoms with E-state index in [1.165, 1.54) is 12.1 Å². The number of nitrogens with zero attached hydrogens (tertiary/aromatic N) is 2. The number of ether oxygens (including phenoxy) is 1. The topological polar surface area (TPSA) is 53.0 Å². The molecule has 1 saturated heterocycles. The average Bonchev–Trinajstić information content (AvgIpc) is 2.71. The summed E-state index contributed by atoms with van der Waals surface area (Å²) in [5.41, 5.74) is 0.763. The van der Waals surface area contributed by atoms with E-state index in [0.29, 0.717) is 6.54 Å². The third kappa shape index (κ3) is 6.91. The van der Waals surface area contributed by atoms with Gasteiger partial charge in [-0.05, 0) is 57.1 Å². The number of likely N-dealkylation sites (tertiary alicyclic amines) is 1. The molecule has 0 spiro atoms. The molecule has 1 fully saturated rings. The standard InChI is InChI=1S/C17H23F3N2O3/c1-21(12-16(23)24)14-5-3-8-22(9-7-14)11-13-4-2-6-15(10-13)25-17(18,19)20/h2,4,6,10,14H,3,5,7-9,11-12H2,1H3,(H,23,24). The summed E-state index contributed by atoms with van der Waals surface area (Å²) in [6.45, 7) is 2.17. The summed E-state index contributed by atoms with van der Waals surface area (Å²) in [6, 6.07) is 6.24. The zero-order valence-corrected chi connectivity index (χ0v) is 14.1. The van der Waals surface area contributed by atoms with Gasteiger partial charge in [-0.1, -0.05) is 12.1 Å². The second-order valence-corrected chi connectivity index (χ2v) is 6.36. The quantitative estimate of drug-likeness (QED) is 0.845. The van der Waals surface area contributed by atoms with Crippen molar-refractivity contribution in [1.82, 2.24) is 9.80 Å². The van der Waals surface area contributed by atoms with Crippen molar-refractivity contribution in [3.63, 3.8) is 0 Å². The fourth-order valence-corrected chi connectivity index (χ4v) is 3.18. The highest BCUT2D eigenvalue weighted by Crippen LogP contribution is 2.24. The van der Waals surface area contributed by atoms with Crippen molar-refractivity contribution in [1.29, 1.82) is 0 Å². The lowest BCUT2D eigenvalue weighted by molar-refractivity contribution is -0.274. The number of alkyl halides is 3. The van der Waals surface area contributed by atoms with Crippen molar-refractivity contribution in [3.8, 4) is 5.75 Å². The largest absolute Gasteiger partial charge is 0.573 e. The molecule has 0 saturated carbocycles. The Hall–Kier alpha value is -1.80. The molecule has 1 atom stereocenters. The Kier molecular flexibility index (Phi) is 6.66. The molecule has 2 rings (SSSR count). The van der Waals surface area contributed by atoms with Crippen LogP contribution in [0.5, 0.6) is 5.75 Å². The SMILES string of the molecule is CN(CC(=O)O)C1CCCN(Cc2cccc(OC(F)(F)F)c2)CC1. The summed E-state index contributed by atoms with van der Waals surface area (Å²) in [5.74, 6) is -1.05. The second kappa shape index (κ2) is 8.53. The van der Waals surface area contributed by atoms with Gasteiger partial charge < -0.3 is 9.84 Å². The van der Waals surface area contributed by atoms with Crippen LogP contribution < -0.4 is 4.74 Å². The first-order valence-electron chi connectivity index (χ1n) is 8.22. The van der Waals surface area contributed by atoms with Gasteiger partial charge in [0.15, 0.2) is 0 Å². The molecule has 1 aliphatic rings. The molecule has 0 bridgehead atoms. The van der Waals surface area contributed by atoms with E-state index < -0.39 is 12.3 Å². The van der Waals surface area contributed by atoms with Gasteiger partial charge in [0, 0.05) is 12.6 Å². The lowest BCUT2D eigenvalue weighted by Gasteiger charge is -2.25. The minimum Gasteiger partial charge on any atom is -0.480 e. The molecular formula is C17H23F3N2O3. The Morgan fingerprint density at radius 1 is 1.36 bits per heavy atom. The van der Waals surface area contributed by atoms with Crippen LogP contribution in [0.25, 0.3) is 0 Å². The number of rotatable bonds is 6. The Bertz CT molecular complexity index is 581. The lowest BCUT2D eigenvalue weighted by atomic mass is 10.1. The van der Waals surface area contributed by atoms with Gasteiger partial charge in [-0.3, -0.25) is 14.6 Å². The average molecular weight is 360 g/mol. The number of carbonyl (C=O) groups is 1. The molecular weight excluding hydrogens is 337 g/mol. The Labute approximate surface area is 145 Å². The minimum atomic E-state index is -4.69. The van der Waals surface area contributed by atoms with Gasteiger partial charge in [0.2, 0.25) is 0 Å². The van der Waals surface area contributed by atoms with E-state index >= 15 is 0 Å². The molecule has 0 aromatic heterocycles. The van der Waals surface area contributed by atoms with E-state index in [9.17, 15) is 18.0 Å². The zero-order chi connectivity index (χ0) is 18.4. The van der Waals surface area contributed by atoms with Crippen molar-refractivity contribution < 1.29 is 27.8 Å². The molecule has 0 amide bonds. The molecule has 25 heavy (non-hydrogen) atoms. The van der Waals surface area contributed by atoms with Gasteiger partial charge in [-0.15, -0.1) is 13.2 Å². The summed E-state index contributed by atoms with van der Waals surface area (Å²) in [4.78, 5) is 14.9. The van der Waals surface area contributed by atoms with Crippen LogP contribution in [0.15, 0.2) is 24.3 Å². The van der Waals surface area contributed by atoms with Crippen LogP contribution in [0.2, 0.25) is 0 Å². The number of hydrogen-bond donors (Lipinski definition) is 1. The lowest BCUT2D eigenvalue weighted by Crippen LogP contribution is -2.36. The van der Waals surface area contributed by atoms with E-state index in [-0.39, 0.29) is 18.3 Å². The van der Waals surface area contributed by atoms with E-state index in [1.807, 2.05) is 11.9 Å². The maximum absolute atomic E-state index is 12.3. The fourth-order valence-electron chi connectivity index (χ4n) is 3.18. The normalized spacial score (nSPS) is 19.6. The van der Waals surface area contributed by atoms with E-state index in [0.717, 1.165) is 37.9 Å². The highest BCUT2D eigenvalue weighted by atomic mass is 19.4. The zero-order valence-electron chi connectivity index (χ0n) is 14.1.